The highest BCUT2D eigenvalue weighted by molar-refractivity contribution is 7.91. The third-order valence-corrected chi connectivity index (χ3v) is 5.77. The number of hydrogen-bond donors (Lipinski definition) is 2. The number of carboxylic acid groups (broad SMARTS) is 1. The highest BCUT2D eigenvalue weighted by atomic mass is 32.2. The molecule has 1 aromatic rings. The number of nitrogens with zero attached hydrogens (tertiary/aromatic N) is 1. The molecular formula is C12H18N2O5S2. The van der Waals surface area contributed by atoms with Crippen LogP contribution in [-0.2, 0) is 19.6 Å². The summed E-state index contributed by atoms with van der Waals surface area (Å²) in [4.78, 5) is 22.5. The fourth-order valence-corrected chi connectivity index (χ4v) is 4.02. The molecule has 0 aliphatic rings. The summed E-state index contributed by atoms with van der Waals surface area (Å²) < 4.78 is 25.4. The predicted octanol–water partition coefficient (Wildman–Crippen LogP) is 0.738. The third-order valence-electron chi connectivity index (χ3n) is 2.60. The number of thiophene rings is 1. The Morgan fingerprint density at radius 3 is 2.52 bits per heavy atom. The monoisotopic (exact) mass is 334 g/mol. The van der Waals surface area contributed by atoms with Crippen LogP contribution in [0.25, 0.3) is 0 Å². The van der Waals surface area contributed by atoms with Crippen molar-refractivity contribution in [3.05, 3.63) is 17.5 Å². The molecule has 0 radical (unpaired) electrons. The van der Waals surface area contributed by atoms with Crippen LogP contribution in [0.2, 0.25) is 0 Å². The van der Waals surface area contributed by atoms with Gasteiger partial charge in [-0.2, -0.15) is 4.31 Å². The van der Waals surface area contributed by atoms with Crippen molar-refractivity contribution in [3.8, 4) is 0 Å². The molecule has 0 spiro atoms. The first-order valence-electron chi connectivity index (χ1n) is 6.07. The molecule has 1 heterocycles. The number of amides is 1. The first-order valence-corrected chi connectivity index (χ1v) is 8.39. The molecule has 1 rings (SSSR count). The molecule has 0 atom stereocenters. The molecule has 21 heavy (non-hydrogen) atoms. The lowest BCUT2D eigenvalue weighted by Gasteiger charge is -2.25. The summed E-state index contributed by atoms with van der Waals surface area (Å²) in [5.41, 5.74) is -0.948. The zero-order valence-electron chi connectivity index (χ0n) is 12.0. The van der Waals surface area contributed by atoms with Gasteiger partial charge in [-0.25, -0.2) is 8.42 Å². The van der Waals surface area contributed by atoms with Gasteiger partial charge in [0.15, 0.2) is 0 Å². The SMILES string of the molecule is CN(CC(=O)NC(C)(C)CC(=O)O)S(=O)(=O)c1cccs1. The molecule has 1 amide bonds. The molecular weight excluding hydrogens is 316 g/mol. The topological polar surface area (TPSA) is 104 Å². The van der Waals surface area contributed by atoms with Crippen LogP contribution in [0.15, 0.2) is 21.7 Å². The molecule has 118 valence electrons. The Kier molecular flexibility index (Phi) is 5.48. The van der Waals surface area contributed by atoms with Crippen LogP contribution < -0.4 is 5.32 Å². The van der Waals surface area contributed by atoms with Gasteiger partial charge in [-0.1, -0.05) is 6.07 Å². The molecule has 0 unspecified atom stereocenters. The minimum Gasteiger partial charge on any atom is -0.481 e. The van der Waals surface area contributed by atoms with Gasteiger partial charge in [-0.3, -0.25) is 9.59 Å². The van der Waals surface area contributed by atoms with Crippen molar-refractivity contribution in [2.24, 2.45) is 0 Å². The normalized spacial score (nSPS) is 12.4. The number of sulfonamides is 1. The van der Waals surface area contributed by atoms with Crippen molar-refractivity contribution < 1.29 is 23.1 Å². The van der Waals surface area contributed by atoms with Crippen molar-refractivity contribution >= 4 is 33.2 Å². The average molecular weight is 334 g/mol. The maximum absolute atomic E-state index is 12.1. The fraction of sp³-hybridized carbons (Fsp3) is 0.500. The molecule has 0 aliphatic carbocycles. The van der Waals surface area contributed by atoms with E-state index < -0.39 is 27.4 Å². The van der Waals surface area contributed by atoms with Crippen molar-refractivity contribution in [1.29, 1.82) is 0 Å². The largest absolute Gasteiger partial charge is 0.481 e. The zero-order valence-corrected chi connectivity index (χ0v) is 13.6. The quantitative estimate of drug-likeness (QED) is 0.765. The van der Waals surface area contributed by atoms with Crippen LogP contribution in [0.1, 0.15) is 20.3 Å². The van der Waals surface area contributed by atoms with E-state index in [9.17, 15) is 18.0 Å². The molecule has 0 bridgehead atoms. The fourth-order valence-electron chi connectivity index (χ4n) is 1.69. The van der Waals surface area contributed by atoms with Gasteiger partial charge >= 0.3 is 5.97 Å². The van der Waals surface area contributed by atoms with E-state index in [2.05, 4.69) is 5.32 Å². The number of nitrogens with one attached hydrogen (secondary N) is 1. The summed E-state index contributed by atoms with van der Waals surface area (Å²) in [7, 11) is -2.39. The van der Waals surface area contributed by atoms with Gasteiger partial charge in [0.2, 0.25) is 5.91 Å². The minimum absolute atomic E-state index is 0.155. The summed E-state index contributed by atoms with van der Waals surface area (Å²) >= 11 is 1.07. The second kappa shape index (κ2) is 6.54. The van der Waals surface area contributed by atoms with Gasteiger partial charge in [0.05, 0.1) is 13.0 Å². The van der Waals surface area contributed by atoms with Crippen LogP contribution >= 0.6 is 11.3 Å². The van der Waals surface area contributed by atoms with Crippen LogP contribution in [-0.4, -0.2) is 48.8 Å². The van der Waals surface area contributed by atoms with Crippen molar-refractivity contribution in [3.63, 3.8) is 0 Å². The standard InChI is InChI=1S/C12H18N2O5S2/c1-12(2,7-10(16)17)13-9(15)8-14(3)21(18,19)11-5-4-6-20-11/h4-6H,7-8H2,1-3H3,(H,13,15)(H,16,17). The van der Waals surface area contributed by atoms with E-state index in [4.69, 9.17) is 5.11 Å². The molecule has 1 aromatic heterocycles. The zero-order chi connectivity index (χ0) is 16.3. The second-order valence-electron chi connectivity index (χ2n) is 5.20. The Morgan fingerprint density at radius 1 is 1.43 bits per heavy atom. The number of likely N-dealkylation sites (N-methyl/N-ethyl adjacent to an activating group) is 1. The Hall–Kier alpha value is -1.45. The minimum atomic E-state index is -3.69. The maximum atomic E-state index is 12.1. The summed E-state index contributed by atoms with van der Waals surface area (Å²) in [5.74, 6) is -1.59. The molecule has 9 heteroatoms. The van der Waals surface area contributed by atoms with Gasteiger partial charge in [-0.15, -0.1) is 11.3 Å². The van der Waals surface area contributed by atoms with Crippen molar-refractivity contribution in [2.45, 2.75) is 30.0 Å². The lowest BCUT2D eigenvalue weighted by molar-refractivity contribution is -0.138. The molecule has 0 fully saturated rings. The number of carboxylic acids is 1. The van der Waals surface area contributed by atoms with E-state index in [1.165, 1.54) is 13.1 Å². The second-order valence-corrected chi connectivity index (χ2v) is 8.42. The maximum Gasteiger partial charge on any atom is 0.305 e. The Bertz CT molecular complexity index is 608. The molecule has 0 saturated carbocycles. The number of carbonyl (C=O) groups is 2. The summed E-state index contributed by atoms with van der Waals surface area (Å²) in [5, 5.41) is 12.9. The smallest absolute Gasteiger partial charge is 0.305 e. The number of aliphatic carboxylic acids is 1. The first-order chi connectivity index (χ1) is 9.54. The van der Waals surface area contributed by atoms with Gasteiger partial charge in [0.25, 0.3) is 10.0 Å². The lowest BCUT2D eigenvalue weighted by atomic mass is 10.0. The molecule has 0 aliphatic heterocycles. The summed E-state index contributed by atoms with van der Waals surface area (Å²) in [6, 6.07) is 3.07. The molecule has 2 N–H and O–H groups in total. The first kappa shape index (κ1) is 17.6. The Morgan fingerprint density at radius 2 is 2.05 bits per heavy atom. The lowest BCUT2D eigenvalue weighted by Crippen LogP contribution is -2.49. The summed E-state index contributed by atoms with van der Waals surface area (Å²) in [6.07, 6.45) is -0.250. The van der Waals surface area contributed by atoms with E-state index in [1.807, 2.05) is 0 Å². The van der Waals surface area contributed by atoms with E-state index in [1.54, 1.807) is 25.3 Å². The van der Waals surface area contributed by atoms with Crippen LogP contribution in [0, 0.1) is 0 Å². The van der Waals surface area contributed by atoms with E-state index in [0.717, 1.165) is 15.6 Å². The van der Waals surface area contributed by atoms with Gasteiger partial charge in [0.1, 0.15) is 4.21 Å². The predicted molar refractivity (Wildman–Crippen MR) is 78.6 cm³/mol. The number of rotatable bonds is 7. The van der Waals surface area contributed by atoms with Gasteiger partial charge < -0.3 is 10.4 Å². The van der Waals surface area contributed by atoms with E-state index in [-0.39, 0.29) is 17.2 Å². The van der Waals surface area contributed by atoms with Crippen molar-refractivity contribution in [1.82, 2.24) is 9.62 Å². The van der Waals surface area contributed by atoms with Gasteiger partial charge in [0, 0.05) is 12.6 Å². The average Bonchev–Trinajstić information content (AvgIpc) is 2.78. The van der Waals surface area contributed by atoms with E-state index in [0.29, 0.717) is 0 Å². The summed E-state index contributed by atoms with van der Waals surface area (Å²) in [6.45, 7) is 2.75. The van der Waals surface area contributed by atoms with Crippen LogP contribution in [0.4, 0.5) is 0 Å². The van der Waals surface area contributed by atoms with Crippen LogP contribution in [0.3, 0.4) is 0 Å². The Balaban J connectivity index is 2.69. The molecule has 0 aromatic carbocycles. The van der Waals surface area contributed by atoms with E-state index >= 15 is 0 Å². The van der Waals surface area contributed by atoms with Gasteiger partial charge in [-0.05, 0) is 25.3 Å². The van der Waals surface area contributed by atoms with Crippen LogP contribution in [0.5, 0.6) is 0 Å². The number of carbonyl (C=O) groups excluding carboxylic acids is 1. The number of hydrogen-bond acceptors (Lipinski definition) is 5. The Labute approximate surface area is 127 Å². The molecule has 7 nitrogen and oxygen atoms in total. The third kappa shape index (κ3) is 5.10. The van der Waals surface area contributed by atoms with Crippen molar-refractivity contribution in [2.75, 3.05) is 13.6 Å². The highest BCUT2D eigenvalue weighted by Crippen LogP contribution is 2.19. The molecule has 0 saturated heterocycles. The highest BCUT2D eigenvalue weighted by Gasteiger charge is 2.28.